The molecule has 4 unspecified atom stereocenters. The third-order valence-electron chi connectivity index (χ3n) is 13.1. The van der Waals surface area contributed by atoms with Gasteiger partial charge in [-0.15, -0.1) is 11.3 Å². The van der Waals surface area contributed by atoms with Gasteiger partial charge in [-0.2, -0.15) is 4.98 Å². The average Bonchev–Trinajstić information content (AvgIpc) is 3.96. The summed E-state index contributed by atoms with van der Waals surface area (Å²) < 4.78 is 18.7. The van der Waals surface area contributed by atoms with Crippen LogP contribution in [0.1, 0.15) is 77.1 Å². The molecule has 380 valence electrons. The summed E-state index contributed by atoms with van der Waals surface area (Å²) in [5.41, 5.74) is 6.54. The van der Waals surface area contributed by atoms with E-state index in [9.17, 15) is 24.1 Å². The van der Waals surface area contributed by atoms with Crippen LogP contribution >= 0.6 is 30.1 Å². The summed E-state index contributed by atoms with van der Waals surface area (Å²) in [5, 5.41) is 24.3. The minimum atomic E-state index is -2.57. The number of hydrogen-bond donors (Lipinski definition) is 5. The number of carbonyl (C=O) groups excluding carboxylic acids is 3. The molecule has 7 rings (SSSR count). The van der Waals surface area contributed by atoms with Crippen molar-refractivity contribution in [3.63, 3.8) is 0 Å². The van der Waals surface area contributed by atoms with Gasteiger partial charge in [-0.1, -0.05) is 75.2 Å². The van der Waals surface area contributed by atoms with Crippen LogP contribution in [-0.4, -0.2) is 125 Å². The number of amides is 3. The van der Waals surface area contributed by atoms with Gasteiger partial charge in [-0.3, -0.25) is 19.3 Å². The summed E-state index contributed by atoms with van der Waals surface area (Å²) in [6, 6.07) is 19.3. The van der Waals surface area contributed by atoms with E-state index in [1.165, 1.54) is 11.1 Å². The van der Waals surface area contributed by atoms with Gasteiger partial charge in [0.15, 0.2) is 5.82 Å². The molecule has 5 aromatic rings. The fourth-order valence-corrected chi connectivity index (χ4v) is 11.2. The van der Waals surface area contributed by atoms with Gasteiger partial charge in [-0.05, 0) is 87.4 Å². The number of rotatable bonds is 19. The zero-order valence-electron chi connectivity index (χ0n) is 42.0. The molecule has 0 bridgehead atoms. The average molecular weight is 1030 g/mol. The van der Waals surface area contributed by atoms with Gasteiger partial charge in [0.25, 0.3) is 0 Å². The largest absolute Gasteiger partial charge is 0.494 e. The fourth-order valence-electron chi connectivity index (χ4n) is 9.07. The Bertz CT molecular complexity index is 2700. The molecule has 71 heavy (non-hydrogen) atoms. The SMILES string of the molecule is COc1cc(N2CCN(CCCCCC(=O)NC(C(=O)N3CC(O)CC3C(=O)NC(C)c3ccc(-c4scnc4C)cc3)C(C)(C)C)CC2)ccc1Nc1ncc(Cl)c(Nc2ccccc2P(C)(C)=O)n1. The van der Waals surface area contributed by atoms with Gasteiger partial charge >= 0.3 is 0 Å². The van der Waals surface area contributed by atoms with E-state index in [0.29, 0.717) is 45.6 Å². The van der Waals surface area contributed by atoms with E-state index in [-0.39, 0.29) is 43.1 Å². The lowest BCUT2D eigenvalue weighted by molar-refractivity contribution is -0.144. The second-order valence-electron chi connectivity index (χ2n) is 19.9. The molecule has 4 heterocycles. The van der Waals surface area contributed by atoms with Crippen LogP contribution in [0.4, 0.5) is 28.8 Å². The molecule has 0 aliphatic carbocycles. The van der Waals surface area contributed by atoms with Gasteiger partial charge in [0, 0.05) is 62.6 Å². The smallest absolute Gasteiger partial charge is 0.246 e. The number of β-amino-alcohol motifs (C(OH)–C–C–N with tert-alkyl or cyclic N) is 1. The molecule has 4 atom stereocenters. The standard InChI is InChI=1S/C52H68ClN10O6PS/c1-33(35-17-19-36(20-18-35)46-34(2)55-32-71-46)56-49(66)42-29-38(64)31-63(42)50(67)47(52(3,4)5)59-45(65)16-10-9-13-23-61-24-26-62(27-25-61)37-21-22-40(43(28-37)69-6)58-51-54-30-39(53)48(60-51)57-41-14-11-12-15-44(41)70(7,8)68/h11-12,14-15,17-22,28,30,32-33,38,42,47,64H,9-10,13,16,23-27,29,31H2,1-8H3,(H,56,66)(H,59,65)(H2,54,57,58,60). The molecule has 2 aromatic heterocycles. The number of likely N-dealkylation sites (tertiary alicyclic amines) is 1. The van der Waals surface area contributed by atoms with E-state index in [2.05, 4.69) is 46.0 Å². The van der Waals surface area contributed by atoms with Crippen molar-refractivity contribution in [1.82, 2.24) is 35.4 Å². The van der Waals surface area contributed by atoms with Crippen LogP contribution in [0, 0.1) is 12.3 Å². The van der Waals surface area contributed by atoms with Crippen LogP contribution in [0.25, 0.3) is 10.4 Å². The number of methoxy groups -OCH3 is 1. The van der Waals surface area contributed by atoms with Crippen molar-refractivity contribution in [1.29, 1.82) is 0 Å². The van der Waals surface area contributed by atoms with Crippen molar-refractivity contribution >= 4 is 81.9 Å². The Morgan fingerprint density at radius 3 is 2.35 bits per heavy atom. The highest BCUT2D eigenvalue weighted by atomic mass is 35.5. The molecule has 5 N–H and O–H groups in total. The Labute approximate surface area is 426 Å². The van der Waals surface area contributed by atoms with Crippen molar-refractivity contribution in [2.45, 2.75) is 91.0 Å². The predicted octanol–water partition coefficient (Wildman–Crippen LogP) is 8.36. The number of aliphatic hydroxyl groups excluding tert-OH is 1. The van der Waals surface area contributed by atoms with E-state index in [1.807, 2.05) is 107 Å². The molecule has 3 aromatic carbocycles. The van der Waals surface area contributed by atoms with Crippen LogP contribution in [-0.2, 0) is 18.9 Å². The Morgan fingerprint density at radius 1 is 0.944 bits per heavy atom. The van der Waals surface area contributed by atoms with Crippen molar-refractivity contribution in [2.75, 3.05) is 75.2 Å². The molecule has 2 aliphatic rings. The number of nitrogens with one attached hydrogen (secondary N) is 4. The highest BCUT2D eigenvalue weighted by Gasteiger charge is 2.44. The molecule has 0 saturated carbocycles. The maximum Gasteiger partial charge on any atom is 0.246 e. The number of nitrogens with zero attached hydrogens (tertiary/aromatic N) is 6. The number of halogens is 1. The van der Waals surface area contributed by atoms with E-state index >= 15 is 0 Å². The van der Waals surface area contributed by atoms with Crippen molar-refractivity contribution in [3.8, 4) is 16.2 Å². The Kier molecular flexibility index (Phi) is 17.5. The highest BCUT2D eigenvalue weighted by Crippen LogP contribution is 2.39. The molecule has 16 nitrogen and oxygen atoms in total. The summed E-state index contributed by atoms with van der Waals surface area (Å²) in [5.74, 6) is 0.420. The molecule has 2 fully saturated rings. The maximum absolute atomic E-state index is 14.2. The lowest BCUT2D eigenvalue weighted by atomic mass is 9.85. The lowest BCUT2D eigenvalue weighted by Gasteiger charge is -2.36. The first-order valence-corrected chi connectivity index (χ1v) is 28.1. The zero-order valence-corrected chi connectivity index (χ0v) is 44.5. The number of aliphatic hydroxyl groups is 1. The molecule has 0 spiro atoms. The summed E-state index contributed by atoms with van der Waals surface area (Å²) in [6.45, 7) is 17.4. The zero-order chi connectivity index (χ0) is 51.0. The second-order valence-corrected chi connectivity index (χ2v) is 24.4. The molecule has 2 aliphatic heterocycles. The van der Waals surface area contributed by atoms with Crippen LogP contribution < -0.4 is 36.2 Å². The first-order chi connectivity index (χ1) is 33.8. The maximum atomic E-state index is 14.2. The minimum absolute atomic E-state index is 0.0199. The van der Waals surface area contributed by atoms with E-state index in [0.717, 1.165) is 73.0 Å². The van der Waals surface area contributed by atoms with Gasteiger partial charge < -0.3 is 45.5 Å². The number of carbonyl (C=O) groups is 3. The molecule has 3 amide bonds. The van der Waals surface area contributed by atoms with Gasteiger partial charge in [0.05, 0.1) is 52.9 Å². The number of aromatic nitrogens is 3. The Morgan fingerprint density at radius 2 is 1.68 bits per heavy atom. The molecular weight excluding hydrogens is 959 g/mol. The first kappa shape index (κ1) is 53.2. The fraction of sp³-hybridized carbons (Fsp3) is 0.462. The van der Waals surface area contributed by atoms with Gasteiger partial charge in [0.2, 0.25) is 23.7 Å². The number of benzene rings is 3. The summed E-state index contributed by atoms with van der Waals surface area (Å²) in [4.78, 5) is 61.9. The quantitative estimate of drug-likeness (QED) is 0.0392. The second kappa shape index (κ2) is 23.3. The Balaban J connectivity index is 0.845. The van der Waals surface area contributed by atoms with Crippen LogP contribution in [0.5, 0.6) is 5.75 Å². The summed E-state index contributed by atoms with van der Waals surface area (Å²) in [7, 11) is -0.942. The number of hydrogen-bond acceptors (Lipinski definition) is 14. The first-order valence-electron chi connectivity index (χ1n) is 24.2. The number of aryl methyl sites for hydroxylation is 1. The normalized spacial score (nSPS) is 17.4. The molecule has 19 heteroatoms. The predicted molar refractivity (Wildman–Crippen MR) is 286 cm³/mol. The third kappa shape index (κ3) is 13.7. The van der Waals surface area contributed by atoms with Crippen LogP contribution in [0.2, 0.25) is 5.02 Å². The third-order valence-corrected chi connectivity index (χ3v) is 15.9. The monoisotopic (exact) mass is 1030 g/mol. The topological polar surface area (TPSA) is 194 Å². The number of unbranched alkanes of at least 4 members (excludes halogenated alkanes) is 2. The van der Waals surface area contributed by atoms with Gasteiger partial charge in [0.1, 0.15) is 30.0 Å². The highest BCUT2D eigenvalue weighted by molar-refractivity contribution is 7.70. The van der Waals surface area contributed by atoms with E-state index < -0.39 is 30.7 Å². The van der Waals surface area contributed by atoms with Crippen LogP contribution in [0.3, 0.4) is 0 Å². The van der Waals surface area contributed by atoms with Crippen molar-refractivity contribution < 1.29 is 28.8 Å². The molecule has 2 saturated heterocycles. The summed E-state index contributed by atoms with van der Waals surface area (Å²) in [6.07, 6.45) is 3.55. The van der Waals surface area contributed by atoms with Crippen molar-refractivity contribution in [2.24, 2.45) is 5.41 Å². The van der Waals surface area contributed by atoms with E-state index in [1.54, 1.807) is 31.8 Å². The minimum Gasteiger partial charge on any atom is -0.494 e. The molecule has 0 radical (unpaired) electrons. The number of piperazine rings is 1. The van der Waals surface area contributed by atoms with E-state index in [4.69, 9.17) is 16.3 Å². The van der Waals surface area contributed by atoms with Crippen molar-refractivity contribution in [3.05, 3.63) is 94.7 Å². The summed E-state index contributed by atoms with van der Waals surface area (Å²) >= 11 is 8.07. The molecular formula is C52H68ClN10O6PS. The van der Waals surface area contributed by atoms with Crippen LogP contribution in [0.15, 0.2) is 78.4 Å². The number of anilines is 5. The van der Waals surface area contributed by atoms with Gasteiger partial charge in [-0.25, -0.2) is 9.97 Å². The number of ether oxygens (including phenoxy) is 1. The number of thiazole rings is 1. The Hall–Kier alpha value is -5.58. The number of para-hydroxylation sites is 1. The lowest BCUT2D eigenvalue weighted by Crippen LogP contribution is -2.57.